The highest BCUT2D eigenvalue weighted by Crippen LogP contribution is 2.27. The van der Waals surface area contributed by atoms with E-state index >= 15 is 0 Å². The summed E-state index contributed by atoms with van der Waals surface area (Å²) in [7, 11) is 0. The van der Waals surface area contributed by atoms with Gasteiger partial charge in [0.2, 0.25) is 0 Å². The summed E-state index contributed by atoms with van der Waals surface area (Å²) in [6.45, 7) is 6.29. The molecule has 0 radical (unpaired) electrons. The summed E-state index contributed by atoms with van der Waals surface area (Å²) in [5.74, 6) is 6.36. The van der Waals surface area contributed by atoms with Gasteiger partial charge in [-0.15, -0.1) is 5.92 Å². The predicted octanol–water partition coefficient (Wildman–Crippen LogP) is 4.65. The van der Waals surface area contributed by atoms with Crippen LogP contribution in [0.5, 0.6) is 0 Å². The fourth-order valence-electron chi connectivity index (χ4n) is 1.33. The maximum atomic E-state index is 6.14. The standard InChI is InChI=1S/C14H17Br2N/c1-14(2,3)8-4-5-13(17)11-9-10(15)6-7-12(11)16/h6-7,9,13H,5,17H2,1-3H3. The van der Waals surface area contributed by atoms with Crippen molar-refractivity contribution in [2.75, 3.05) is 0 Å². The van der Waals surface area contributed by atoms with Gasteiger partial charge in [0.05, 0.1) is 0 Å². The second-order valence-electron chi connectivity index (χ2n) is 5.03. The third-order valence-corrected chi connectivity index (χ3v) is 3.36. The molecule has 0 heterocycles. The van der Waals surface area contributed by atoms with Crippen LogP contribution in [0.2, 0.25) is 0 Å². The summed E-state index contributed by atoms with van der Waals surface area (Å²) in [6.07, 6.45) is 0.673. The molecule has 1 aromatic carbocycles. The van der Waals surface area contributed by atoms with Crippen molar-refractivity contribution in [3.05, 3.63) is 32.7 Å². The highest BCUT2D eigenvalue weighted by Gasteiger charge is 2.10. The Morgan fingerprint density at radius 2 is 1.94 bits per heavy atom. The van der Waals surface area contributed by atoms with E-state index < -0.39 is 0 Å². The Labute approximate surface area is 120 Å². The molecule has 0 saturated heterocycles. The van der Waals surface area contributed by atoms with Gasteiger partial charge in [0, 0.05) is 26.8 Å². The molecule has 0 fully saturated rings. The lowest BCUT2D eigenvalue weighted by Gasteiger charge is -2.12. The smallest absolute Gasteiger partial charge is 0.0417 e. The number of benzene rings is 1. The van der Waals surface area contributed by atoms with E-state index in [4.69, 9.17) is 5.73 Å². The van der Waals surface area contributed by atoms with E-state index in [9.17, 15) is 0 Å². The van der Waals surface area contributed by atoms with Crippen molar-refractivity contribution in [2.45, 2.75) is 33.2 Å². The number of halogens is 2. The Kier molecular flexibility index (Phi) is 5.24. The predicted molar refractivity (Wildman–Crippen MR) is 80.6 cm³/mol. The molecule has 1 atom stereocenters. The quantitative estimate of drug-likeness (QED) is 0.765. The number of hydrogen-bond donors (Lipinski definition) is 1. The summed E-state index contributed by atoms with van der Waals surface area (Å²) >= 11 is 6.97. The van der Waals surface area contributed by atoms with Gasteiger partial charge in [0.1, 0.15) is 0 Å². The first-order valence-electron chi connectivity index (χ1n) is 5.50. The lowest BCUT2D eigenvalue weighted by Crippen LogP contribution is -2.10. The van der Waals surface area contributed by atoms with Crippen LogP contribution in [0.25, 0.3) is 0 Å². The number of nitrogens with two attached hydrogens (primary N) is 1. The fraction of sp³-hybridized carbons (Fsp3) is 0.429. The number of hydrogen-bond acceptors (Lipinski definition) is 1. The Hall–Kier alpha value is -0.300. The summed E-state index contributed by atoms with van der Waals surface area (Å²) in [6, 6.07) is 5.96. The van der Waals surface area contributed by atoms with Crippen molar-refractivity contribution < 1.29 is 0 Å². The van der Waals surface area contributed by atoms with Crippen LogP contribution >= 0.6 is 31.9 Å². The third-order valence-electron chi connectivity index (χ3n) is 2.14. The van der Waals surface area contributed by atoms with E-state index in [1.807, 2.05) is 18.2 Å². The zero-order chi connectivity index (χ0) is 13.1. The molecule has 92 valence electrons. The fourth-order valence-corrected chi connectivity index (χ4v) is 2.25. The second kappa shape index (κ2) is 6.04. The van der Waals surface area contributed by atoms with Gasteiger partial charge in [-0.3, -0.25) is 0 Å². The lowest BCUT2D eigenvalue weighted by atomic mass is 9.97. The van der Waals surface area contributed by atoms with Gasteiger partial charge in [-0.25, -0.2) is 0 Å². The van der Waals surface area contributed by atoms with Gasteiger partial charge in [0.15, 0.2) is 0 Å². The molecule has 0 aliphatic heterocycles. The van der Waals surface area contributed by atoms with Crippen LogP contribution in [0.4, 0.5) is 0 Å². The lowest BCUT2D eigenvalue weighted by molar-refractivity contribution is 0.569. The molecular formula is C14H17Br2N. The van der Waals surface area contributed by atoms with Crippen LogP contribution in [0, 0.1) is 17.3 Å². The van der Waals surface area contributed by atoms with Gasteiger partial charge >= 0.3 is 0 Å². The first-order valence-corrected chi connectivity index (χ1v) is 7.09. The van der Waals surface area contributed by atoms with E-state index in [-0.39, 0.29) is 11.5 Å². The normalized spacial score (nSPS) is 12.8. The van der Waals surface area contributed by atoms with E-state index in [1.54, 1.807) is 0 Å². The molecule has 1 rings (SSSR count). The first-order chi connectivity index (χ1) is 7.79. The van der Waals surface area contributed by atoms with Crippen molar-refractivity contribution >= 4 is 31.9 Å². The summed E-state index contributed by atoms with van der Waals surface area (Å²) < 4.78 is 2.07. The number of rotatable bonds is 2. The van der Waals surface area contributed by atoms with Gasteiger partial charge in [-0.1, -0.05) is 37.8 Å². The van der Waals surface area contributed by atoms with E-state index in [2.05, 4.69) is 64.5 Å². The van der Waals surface area contributed by atoms with Crippen LogP contribution in [0.3, 0.4) is 0 Å². The van der Waals surface area contributed by atoms with Crippen molar-refractivity contribution in [1.82, 2.24) is 0 Å². The van der Waals surface area contributed by atoms with Crippen LogP contribution in [-0.4, -0.2) is 0 Å². The maximum Gasteiger partial charge on any atom is 0.0417 e. The van der Waals surface area contributed by atoms with E-state index in [1.165, 1.54) is 0 Å². The minimum atomic E-state index is -0.0586. The van der Waals surface area contributed by atoms with E-state index in [0.717, 1.165) is 14.5 Å². The molecule has 0 spiro atoms. The monoisotopic (exact) mass is 357 g/mol. The molecular weight excluding hydrogens is 342 g/mol. The topological polar surface area (TPSA) is 26.0 Å². The van der Waals surface area contributed by atoms with Crippen molar-refractivity contribution in [3.8, 4) is 11.8 Å². The zero-order valence-corrected chi connectivity index (χ0v) is 13.5. The molecule has 0 aromatic heterocycles. The Balaban J connectivity index is 2.79. The zero-order valence-electron chi connectivity index (χ0n) is 10.3. The van der Waals surface area contributed by atoms with Crippen LogP contribution in [0.15, 0.2) is 27.1 Å². The molecule has 0 amide bonds. The van der Waals surface area contributed by atoms with Crippen molar-refractivity contribution in [3.63, 3.8) is 0 Å². The molecule has 1 unspecified atom stereocenters. The highest BCUT2D eigenvalue weighted by molar-refractivity contribution is 9.11. The average molecular weight is 359 g/mol. The SMILES string of the molecule is CC(C)(C)C#CCC(N)c1cc(Br)ccc1Br. The molecule has 0 bridgehead atoms. The largest absolute Gasteiger partial charge is 0.323 e. The summed E-state index contributed by atoms with van der Waals surface area (Å²) in [5, 5.41) is 0. The van der Waals surface area contributed by atoms with Crippen LogP contribution in [0.1, 0.15) is 38.8 Å². The second-order valence-corrected chi connectivity index (χ2v) is 6.80. The summed E-state index contributed by atoms with van der Waals surface area (Å²) in [4.78, 5) is 0. The Morgan fingerprint density at radius 3 is 2.53 bits per heavy atom. The molecule has 3 heteroatoms. The molecule has 0 aliphatic carbocycles. The Morgan fingerprint density at radius 1 is 1.29 bits per heavy atom. The third kappa shape index (κ3) is 5.25. The van der Waals surface area contributed by atoms with Gasteiger partial charge in [-0.05, 0) is 44.5 Å². The minimum Gasteiger partial charge on any atom is -0.323 e. The van der Waals surface area contributed by atoms with Crippen molar-refractivity contribution in [2.24, 2.45) is 11.1 Å². The first kappa shape index (κ1) is 14.8. The molecule has 1 nitrogen and oxygen atoms in total. The molecule has 0 aliphatic rings. The van der Waals surface area contributed by atoms with E-state index in [0.29, 0.717) is 6.42 Å². The van der Waals surface area contributed by atoms with Gasteiger partial charge in [-0.2, -0.15) is 0 Å². The average Bonchev–Trinajstić information content (AvgIpc) is 2.19. The maximum absolute atomic E-state index is 6.14. The molecule has 0 saturated carbocycles. The molecule has 17 heavy (non-hydrogen) atoms. The molecule has 1 aromatic rings. The van der Waals surface area contributed by atoms with Crippen LogP contribution in [-0.2, 0) is 0 Å². The van der Waals surface area contributed by atoms with Gasteiger partial charge in [0.25, 0.3) is 0 Å². The van der Waals surface area contributed by atoms with Gasteiger partial charge < -0.3 is 5.73 Å². The highest BCUT2D eigenvalue weighted by atomic mass is 79.9. The Bertz CT molecular complexity index is 450. The van der Waals surface area contributed by atoms with Crippen molar-refractivity contribution in [1.29, 1.82) is 0 Å². The molecule has 2 N–H and O–H groups in total. The van der Waals surface area contributed by atoms with Crippen LogP contribution < -0.4 is 5.73 Å². The minimum absolute atomic E-state index is 0.0359. The summed E-state index contributed by atoms with van der Waals surface area (Å²) in [5.41, 5.74) is 7.26.